The number of rotatable bonds is 3. The van der Waals surface area contributed by atoms with Gasteiger partial charge in [-0.05, 0) is 36.4 Å². The normalized spacial score (nSPS) is 11.4. The van der Waals surface area contributed by atoms with Crippen LogP contribution in [0.25, 0.3) is 5.69 Å². The molecule has 0 aliphatic carbocycles. The molecular formula is C17H12ClF3N4O. The number of hydrogen-bond acceptors (Lipinski definition) is 3. The summed E-state index contributed by atoms with van der Waals surface area (Å²) >= 11 is 5.78. The van der Waals surface area contributed by atoms with Gasteiger partial charge in [-0.15, -0.1) is 0 Å². The number of alkyl halides is 3. The van der Waals surface area contributed by atoms with Crippen molar-refractivity contribution < 1.29 is 18.0 Å². The van der Waals surface area contributed by atoms with Crippen LogP contribution < -0.4 is 11.1 Å². The second-order valence-electron chi connectivity index (χ2n) is 5.33. The summed E-state index contributed by atoms with van der Waals surface area (Å²) in [6, 6.07) is 11.2. The van der Waals surface area contributed by atoms with Crippen LogP contribution in [0, 0.1) is 0 Å². The Labute approximate surface area is 151 Å². The molecule has 0 saturated heterocycles. The minimum atomic E-state index is -4.58. The van der Waals surface area contributed by atoms with Gasteiger partial charge in [-0.3, -0.25) is 4.79 Å². The van der Waals surface area contributed by atoms with Crippen molar-refractivity contribution in [2.24, 2.45) is 0 Å². The molecule has 3 N–H and O–H groups in total. The summed E-state index contributed by atoms with van der Waals surface area (Å²) in [5, 5.41) is 6.93. The Bertz CT molecular complexity index is 951. The molecule has 0 unspecified atom stereocenters. The zero-order chi connectivity index (χ0) is 18.9. The van der Waals surface area contributed by atoms with Gasteiger partial charge in [0.1, 0.15) is 11.4 Å². The minimum Gasteiger partial charge on any atom is -0.383 e. The first kappa shape index (κ1) is 17.8. The lowest BCUT2D eigenvalue weighted by molar-refractivity contribution is -0.137. The van der Waals surface area contributed by atoms with E-state index in [0.29, 0.717) is 10.7 Å². The first-order valence-electron chi connectivity index (χ1n) is 7.34. The maximum atomic E-state index is 13.2. The number of nitrogens with two attached hydrogens (primary N) is 1. The van der Waals surface area contributed by atoms with Crippen LogP contribution in [0.4, 0.5) is 24.7 Å². The lowest BCUT2D eigenvalue weighted by Crippen LogP contribution is -2.15. The van der Waals surface area contributed by atoms with Gasteiger partial charge in [-0.25, -0.2) is 4.68 Å². The van der Waals surface area contributed by atoms with Crippen LogP contribution in [-0.4, -0.2) is 15.7 Å². The number of aromatic nitrogens is 2. The number of nitrogens with one attached hydrogen (secondary N) is 1. The number of carbonyl (C=O) groups excluding carboxylic acids is 1. The molecule has 1 heterocycles. The largest absolute Gasteiger partial charge is 0.418 e. The van der Waals surface area contributed by atoms with Crippen LogP contribution in [0.2, 0.25) is 5.02 Å². The van der Waals surface area contributed by atoms with Gasteiger partial charge in [0.05, 0.1) is 17.4 Å². The molecule has 0 bridgehead atoms. The molecule has 0 radical (unpaired) electrons. The number of nitrogens with zero attached hydrogens (tertiary/aromatic N) is 2. The summed E-state index contributed by atoms with van der Waals surface area (Å²) in [5.74, 6) is -0.797. The van der Waals surface area contributed by atoms with Crippen molar-refractivity contribution in [2.75, 3.05) is 11.1 Å². The fourth-order valence-corrected chi connectivity index (χ4v) is 2.48. The van der Waals surface area contributed by atoms with E-state index in [9.17, 15) is 18.0 Å². The molecule has 0 fully saturated rings. The van der Waals surface area contributed by atoms with Crippen LogP contribution in [-0.2, 0) is 6.18 Å². The number of anilines is 2. The van der Waals surface area contributed by atoms with Crippen LogP contribution in [0.5, 0.6) is 0 Å². The average molecular weight is 381 g/mol. The Balaban J connectivity index is 1.94. The number of hydrogen-bond donors (Lipinski definition) is 2. The summed E-state index contributed by atoms with van der Waals surface area (Å²) in [7, 11) is 0. The van der Waals surface area contributed by atoms with Crippen molar-refractivity contribution in [3.63, 3.8) is 0 Å². The number of nitrogen functional groups attached to an aromatic ring is 1. The highest BCUT2D eigenvalue weighted by Gasteiger charge is 2.34. The summed E-state index contributed by atoms with van der Waals surface area (Å²) < 4.78 is 40.4. The summed E-state index contributed by atoms with van der Waals surface area (Å²) in [6.07, 6.45) is -3.46. The number of halogens is 4. The van der Waals surface area contributed by atoms with Gasteiger partial charge in [0, 0.05) is 10.7 Å². The van der Waals surface area contributed by atoms with Gasteiger partial charge in [-0.2, -0.15) is 18.3 Å². The molecule has 2 aromatic carbocycles. The maximum absolute atomic E-state index is 13.2. The van der Waals surface area contributed by atoms with Gasteiger partial charge in [0.2, 0.25) is 0 Å². The predicted molar refractivity (Wildman–Crippen MR) is 92.4 cm³/mol. The van der Waals surface area contributed by atoms with E-state index in [2.05, 4.69) is 10.4 Å². The predicted octanol–water partition coefficient (Wildman–Crippen LogP) is 4.38. The van der Waals surface area contributed by atoms with E-state index in [1.807, 2.05) is 0 Å². The number of para-hydroxylation sites is 1. The van der Waals surface area contributed by atoms with Crippen LogP contribution >= 0.6 is 11.6 Å². The second-order valence-corrected chi connectivity index (χ2v) is 5.77. The smallest absolute Gasteiger partial charge is 0.383 e. The lowest BCUT2D eigenvalue weighted by Gasteiger charge is -2.13. The Hall–Kier alpha value is -3.00. The molecule has 26 heavy (non-hydrogen) atoms. The molecule has 1 aromatic heterocycles. The van der Waals surface area contributed by atoms with Gasteiger partial charge in [0.25, 0.3) is 5.91 Å². The van der Waals surface area contributed by atoms with Crippen LogP contribution in [0.1, 0.15) is 15.9 Å². The third-order valence-corrected chi connectivity index (χ3v) is 3.84. The fraction of sp³-hybridized carbons (Fsp3) is 0.0588. The van der Waals surface area contributed by atoms with E-state index in [4.69, 9.17) is 17.3 Å². The third-order valence-electron chi connectivity index (χ3n) is 3.59. The van der Waals surface area contributed by atoms with Crippen molar-refractivity contribution in [1.82, 2.24) is 9.78 Å². The van der Waals surface area contributed by atoms with Crippen molar-refractivity contribution in [3.05, 3.63) is 70.9 Å². The molecule has 1 amide bonds. The van der Waals surface area contributed by atoms with Crippen LogP contribution in [0.15, 0.2) is 54.7 Å². The Morgan fingerprint density at radius 2 is 1.77 bits per heavy atom. The van der Waals surface area contributed by atoms with Gasteiger partial charge in [0.15, 0.2) is 0 Å². The molecule has 0 atom stereocenters. The molecule has 5 nitrogen and oxygen atoms in total. The van der Waals surface area contributed by atoms with E-state index < -0.39 is 17.6 Å². The van der Waals surface area contributed by atoms with Crippen LogP contribution in [0.3, 0.4) is 0 Å². The monoisotopic (exact) mass is 380 g/mol. The topological polar surface area (TPSA) is 72.9 Å². The van der Waals surface area contributed by atoms with E-state index >= 15 is 0 Å². The number of benzene rings is 2. The van der Waals surface area contributed by atoms with Gasteiger partial charge >= 0.3 is 6.18 Å². The lowest BCUT2D eigenvalue weighted by atomic mass is 10.1. The quantitative estimate of drug-likeness (QED) is 0.708. The molecule has 9 heteroatoms. The summed E-state index contributed by atoms with van der Waals surface area (Å²) in [4.78, 5) is 12.3. The van der Waals surface area contributed by atoms with E-state index in [1.165, 1.54) is 18.2 Å². The van der Waals surface area contributed by atoms with E-state index in [1.54, 1.807) is 24.3 Å². The van der Waals surface area contributed by atoms with Crippen molar-refractivity contribution in [3.8, 4) is 5.69 Å². The Kier molecular flexibility index (Phi) is 4.60. The molecule has 3 aromatic rings. The molecule has 0 spiro atoms. The Morgan fingerprint density at radius 1 is 1.12 bits per heavy atom. The molecule has 0 aliphatic rings. The second kappa shape index (κ2) is 6.72. The van der Waals surface area contributed by atoms with Gasteiger partial charge in [-0.1, -0.05) is 23.7 Å². The minimum absolute atomic E-state index is 0.0445. The first-order chi connectivity index (χ1) is 12.3. The van der Waals surface area contributed by atoms with Crippen molar-refractivity contribution in [1.29, 1.82) is 0 Å². The SMILES string of the molecule is Nc1c(C(=O)Nc2ccc(Cl)cc2)cnn1-c1ccccc1C(F)(F)F. The standard InChI is InChI=1S/C17H12ClF3N4O/c18-10-5-7-11(8-6-10)24-16(26)12-9-23-25(15(12)22)14-4-2-1-3-13(14)17(19,20)21/h1-9H,22H2,(H,24,26). The molecular weight excluding hydrogens is 369 g/mol. The van der Waals surface area contributed by atoms with Crippen molar-refractivity contribution >= 4 is 29.0 Å². The molecule has 0 aliphatic heterocycles. The molecule has 0 saturated carbocycles. The van der Waals surface area contributed by atoms with Crippen molar-refractivity contribution in [2.45, 2.75) is 6.18 Å². The summed E-state index contributed by atoms with van der Waals surface area (Å²) in [6.45, 7) is 0. The van der Waals surface area contributed by atoms with Gasteiger partial charge < -0.3 is 11.1 Å². The summed E-state index contributed by atoms with van der Waals surface area (Å²) in [5.41, 5.74) is 5.13. The zero-order valence-electron chi connectivity index (χ0n) is 13.1. The highest BCUT2D eigenvalue weighted by molar-refractivity contribution is 6.30. The fourth-order valence-electron chi connectivity index (χ4n) is 2.35. The zero-order valence-corrected chi connectivity index (χ0v) is 13.8. The highest BCUT2D eigenvalue weighted by atomic mass is 35.5. The highest BCUT2D eigenvalue weighted by Crippen LogP contribution is 2.34. The molecule has 134 valence electrons. The maximum Gasteiger partial charge on any atom is 0.418 e. The van der Waals surface area contributed by atoms with E-state index in [-0.39, 0.29) is 17.1 Å². The van der Waals surface area contributed by atoms with E-state index in [0.717, 1.165) is 16.9 Å². The number of amides is 1. The first-order valence-corrected chi connectivity index (χ1v) is 7.72. The number of carbonyl (C=O) groups is 1. The Morgan fingerprint density at radius 3 is 2.42 bits per heavy atom. The molecule has 3 rings (SSSR count). The average Bonchev–Trinajstić information content (AvgIpc) is 2.98. The third kappa shape index (κ3) is 3.50.